The Morgan fingerprint density at radius 3 is 2.78 bits per heavy atom. The molecule has 23 heavy (non-hydrogen) atoms. The van der Waals surface area contributed by atoms with E-state index in [-0.39, 0.29) is 16.1 Å². The number of anilines is 1. The van der Waals surface area contributed by atoms with E-state index in [9.17, 15) is 13.2 Å². The molecule has 0 aliphatic carbocycles. The van der Waals surface area contributed by atoms with Crippen LogP contribution in [-0.4, -0.2) is 24.5 Å². The molecule has 0 atom stereocenters. The lowest BCUT2D eigenvalue weighted by Crippen LogP contribution is -2.14. The summed E-state index contributed by atoms with van der Waals surface area (Å²) in [5, 5.41) is 9.10. The Hall–Kier alpha value is -2.87. The van der Waals surface area contributed by atoms with Crippen LogP contribution in [0.4, 0.5) is 5.69 Å². The molecule has 3 rings (SSSR count). The van der Waals surface area contributed by atoms with Crippen LogP contribution in [0.25, 0.3) is 11.1 Å². The van der Waals surface area contributed by atoms with Crippen molar-refractivity contribution < 1.29 is 22.7 Å². The number of benzene rings is 2. The summed E-state index contributed by atoms with van der Waals surface area (Å²) in [5.41, 5.74) is 1.49. The number of hydrogen-bond donors (Lipinski definition) is 2. The van der Waals surface area contributed by atoms with Gasteiger partial charge in [0, 0.05) is 6.07 Å². The molecule has 0 radical (unpaired) electrons. The maximum Gasteiger partial charge on any atom is 0.336 e. The van der Waals surface area contributed by atoms with Crippen LogP contribution >= 0.6 is 0 Å². The second-order valence-electron chi connectivity index (χ2n) is 4.87. The third-order valence-corrected chi connectivity index (χ3v) is 4.78. The Bertz CT molecular complexity index is 1010. The summed E-state index contributed by atoms with van der Waals surface area (Å²) in [4.78, 5) is 15.1. The van der Waals surface area contributed by atoms with Crippen molar-refractivity contribution in [2.45, 2.75) is 11.8 Å². The summed E-state index contributed by atoms with van der Waals surface area (Å²) in [7, 11) is -3.88. The molecule has 0 aliphatic rings. The van der Waals surface area contributed by atoms with Crippen molar-refractivity contribution in [2.75, 3.05) is 4.72 Å². The van der Waals surface area contributed by atoms with Gasteiger partial charge < -0.3 is 9.52 Å². The molecule has 1 heterocycles. The molecule has 2 aromatic carbocycles. The van der Waals surface area contributed by atoms with E-state index in [1.54, 1.807) is 6.92 Å². The molecule has 0 fully saturated rings. The highest BCUT2D eigenvalue weighted by atomic mass is 32.2. The number of aromatic carboxylic acids is 1. The van der Waals surface area contributed by atoms with E-state index < -0.39 is 16.0 Å². The summed E-state index contributed by atoms with van der Waals surface area (Å²) in [6.45, 7) is 1.54. The summed E-state index contributed by atoms with van der Waals surface area (Å²) >= 11 is 0. The Labute approximate surface area is 131 Å². The lowest BCUT2D eigenvalue weighted by molar-refractivity contribution is 0.0696. The van der Waals surface area contributed by atoms with Crippen molar-refractivity contribution in [3.8, 4) is 0 Å². The molecule has 0 spiro atoms. The Kier molecular flexibility index (Phi) is 3.53. The van der Waals surface area contributed by atoms with Crippen LogP contribution in [-0.2, 0) is 10.0 Å². The fraction of sp³-hybridized carbons (Fsp3) is 0.0667. The minimum atomic E-state index is -3.88. The highest BCUT2D eigenvalue weighted by molar-refractivity contribution is 7.92. The number of carbonyl (C=O) groups is 1. The summed E-state index contributed by atoms with van der Waals surface area (Å²) in [6.07, 6.45) is 1.23. The number of carboxylic acid groups (broad SMARTS) is 1. The maximum atomic E-state index is 12.5. The quantitative estimate of drug-likeness (QED) is 0.760. The van der Waals surface area contributed by atoms with E-state index in [4.69, 9.17) is 9.52 Å². The van der Waals surface area contributed by atoms with E-state index in [1.807, 2.05) is 0 Å². The molecule has 118 valence electrons. The molecule has 0 amide bonds. The molecule has 3 aromatic rings. The predicted octanol–water partition coefficient (Wildman–Crippen LogP) is 2.64. The van der Waals surface area contributed by atoms with Crippen LogP contribution in [0.15, 0.2) is 52.1 Å². The zero-order valence-electron chi connectivity index (χ0n) is 12.0. The van der Waals surface area contributed by atoms with Crippen LogP contribution in [0.5, 0.6) is 0 Å². The molecule has 0 saturated carbocycles. The fourth-order valence-corrected chi connectivity index (χ4v) is 3.32. The summed E-state index contributed by atoms with van der Waals surface area (Å²) in [6, 6.07) is 8.70. The molecule has 1 aromatic heterocycles. The Morgan fingerprint density at radius 1 is 1.26 bits per heavy atom. The van der Waals surface area contributed by atoms with Crippen molar-refractivity contribution >= 4 is 32.8 Å². The molecule has 0 saturated heterocycles. The van der Waals surface area contributed by atoms with Gasteiger partial charge in [-0.2, -0.15) is 0 Å². The van der Waals surface area contributed by atoms with Gasteiger partial charge in [-0.3, -0.25) is 4.72 Å². The third kappa shape index (κ3) is 2.76. The summed E-state index contributed by atoms with van der Waals surface area (Å²) < 4.78 is 32.5. The second kappa shape index (κ2) is 5.40. The minimum absolute atomic E-state index is 0.00174. The first kappa shape index (κ1) is 15.0. The van der Waals surface area contributed by atoms with E-state index in [0.717, 1.165) is 0 Å². The maximum absolute atomic E-state index is 12.5. The van der Waals surface area contributed by atoms with Crippen molar-refractivity contribution in [3.63, 3.8) is 0 Å². The zero-order chi connectivity index (χ0) is 16.6. The molecule has 0 aliphatic heterocycles. The third-order valence-electron chi connectivity index (χ3n) is 3.42. The number of rotatable bonds is 4. The topological polar surface area (TPSA) is 110 Å². The average molecular weight is 332 g/mol. The molecule has 2 N–H and O–H groups in total. The van der Waals surface area contributed by atoms with Crippen LogP contribution in [0, 0.1) is 6.92 Å². The van der Waals surface area contributed by atoms with Gasteiger partial charge in [-0.1, -0.05) is 6.07 Å². The number of nitrogens with one attached hydrogen (secondary N) is 1. The number of nitrogens with zero attached hydrogens (tertiary/aromatic N) is 1. The number of sulfonamides is 1. The van der Waals surface area contributed by atoms with Gasteiger partial charge in [-0.25, -0.2) is 18.2 Å². The van der Waals surface area contributed by atoms with Gasteiger partial charge in [-0.15, -0.1) is 0 Å². The van der Waals surface area contributed by atoms with Gasteiger partial charge in [0.25, 0.3) is 10.0 Å². The highest BCUT2D eigenvalue weighted by Gasteiger charge is 2.18. The van der Waals surface area contributed by atoms with Gasteiger partial charge in [-0.05, 0) is 36.8 Å². The van der Waals surface area contributed by atoms with Gasteiger partial charge >= 0.3 is 5.97 Å². The van der Waals surface area contributed by atoms with Crippen LogP contribution in [0.1, 0.15) is 15.9 Å². The zero-order valence-corrected chi connectivity index (χ0v) is 12.8. The first-order chi connectivity index (χ1) is 10.9. The van der Waals surface area contributed by atoms with E-state index in [0.29, 0.717) is 16.7 Å². The highest BCUT2D eigenvalue weighted by Crippen LogP contribution is 2.24. The molecular formula is C15H12N2O5S. The normalized spacial score (nSPS) is 11.5. The van der Waals surface area contributed by atoms with Crippen molar-refractivity contribution in [3.05, 3.63) is 53.9 Å². The van der Waals surface area contributed by atoms with Crippen LogP contribution < -0.4 is 4.72 Å². The number of carboxylic acids is 1. The number of aromatic nitrogens is 1. The largest absolute Gasteiger partial charge is 0.478 e. The van der Waals surface area contributed by atoms with Crippen molar-refractivity contribution in [2.24, 2.45) is 0 Å². The van der Waals surface area contributed by atoms with Crippen LogP contribution in [0.2, 0.25) is 0 Å². The van der Waals surface area contributed by atoms with E-state index in [1.165, 1.54) is 42.8 Å². The molecule has 0 unspecified atom stereocenters. The van der Waals surface area contributed by atoms with E-state index >= 15 is 0 Å². The minimum Gasteiger partial charge on any atom is -0.478 e. The van der Waals surface area contributed by atoms with Crippen molar-refractivity contribution in [1.29, 1.82) is 0 Å². The smallest absolute Gasteiger partial charge is 0.336 e. The number of hydrogen-bond acceptors (Lipinski definition) is 5. The lowest BCUT2D eigenvalue weighted by atomic mass is 10.1. The Balaban J connectivity index is 2.01. The predicted molar refractivity (Wildman–Crippen MR) is 83.0 cm³/mol. The van der Waals surface area contributed by atoms with Gasteiger partial charge in [0.15, 0.2) is 12.0 Å². The summed E-state index contributed by atoms with van der Waals surface area (Å²) in [5.74, 6) is -1.12. The lowest BCUT2D eigenvalue weighted by Gasteiger charge is -2.12. The first-order valence-electron chi connectivity index (χ1n) is 6.57. The molecule has 8 heteroatoms. The standard InChI is InChI=1S/C15H12N2O5S/c1-9-11(15(18)19)3-2-4-12(9)17-23(20,21)10-5-6-13-14(7-10)22-8-16-13/h2-8,17H,1H3,(H,18,19). The fourth-order valence-electron chi connectivity index (χ4n) is 2.18. The number of fused-ring (bicyclic) bond motifs is 1. The second-order valence-corrected chi connectivity index (χ2v) is 6.55. The average Bonchev–Trinajstić information content (AvgIpc) is 2.96. The Morgan fingerprint density at radius 2 is 2.04 bits per heavy atom. The van der Waals surface area contributed by atoms with Gasteiger partial charge in [0.05, 0.1) is 16.1 Å². The molecular weight excluding hydrogens is 320 g/mol. The number of oxazole rings is 1. The molecule has 7 nitrogen and oxygen atoms in total. The first-order valence-corrected chi connectivity index (χ1v) is 8.06. The monoisotopic (exact) mass is 332 g/mol. The SMILES string of the molecule is Cc1c(NS(=O)(=O)c2ccc3ncoc3c2)cccc1C(=O)O. The van der Waals surface area contributed by atoms with Crippen LogP contribution in [0.3, 0.4) is 0 Å². The molecule has 0 bridgehead atoms. The van der Waals surface area contributed by atoms with E-state index in [2.05, 4.69) is 9.71 Å². The van der Waals surface area contributed by atoms with Gasteiger partial charge in [0.1, 0.15) is 5.52 Å². The van der Waals surface area contributed by atoms with Gasteiger partial charge in [0.2, 0.25) is 0 Å². The van der Waals surface area contributed by atoms with Crippen molar-refractivity contribution in [1.82, 2.24) is 4.98 Å².